The van der Waals surface area contributed by atoms with Gasteiger partial charge in [0.2, 0.25) is 0 Å². The highest BCUT2D eigenvalue weighted by Gasteiger charge is 2.58. The predicted octanol–water partition coefficient (Wildman–Crippen LogP) is 3.12. The summed E-state index contributed by atoms with van der Waals surface area (Å²) in [5.74, 6) is 0.669. The summed E-state index contributed by atoms with van der Waals surface area (Å²) in [6.45, 7) is 7.81. The molecule has 0 heterocycles. The van der Waals surface area contributed by atoms with Crippen molar-refractivity contribution in [2.24, 2.45) is 11.3 Å². The molecular weight excluding hydrogens is 200 g/mol. The Morgan fingerprint density at radius 1 is 1.38 bits per heavy atom. The number of hydrogen-bond acceptors (Lipinski definition) is 2. The van der Waals surface area contributed by atoms with E-state index in [9.17, 15) is 4.79 Å². The standard InChI is InChI=1S/C14H22O2/c1-10(2)14(16-4)8-13(9-14)6-5-12(7-13)11(3)15/h12H,1,5-9H2,2-4H3. The molecule has 2 nitrogen and oxygen atoms in total. The van der Waals surface area contributed by atoms with Crippen LogP contribution >= 0.6 is 0 Å². The van der Waals surface area contributed by atoms with E-state index in [-0.39, 0.29) is 5.60 Å². The first-order valence-corrected chi connectivity index (χ1v) is 6.15. The molecule has 0 aliphatic heterocycles. The summed E-state index contributed by atoms with van der Waals surface area (Å²) in [6, 6.07) is 0. The molecule has 2 fully saturated rings. The highest BCUT2D eigenvalue weighted by Crippen LogP contribution is 2.62. The second-order valence-corrected chi connectivity index (χ2v) is 5.88. The van der Waals surface area contributed by atoms with E-state index in [1.807, 2.05) is 6.92 Å². The van der Waals surface area contributed by atoms with Gasteiger partial charge in [0.25, 0.3) is 0 Å². The van der Waals surface area contributed by atoms with Crippen LogP contribution in [-0.2, 0) is 9.53 Å². The van der Waals surface area contributed by atoms with E-state index in [0.717, 1.165) is 31.3 Å². The number of methoxy groups -OCH3 is 1. The van der Waals surface area contributed by atoms with Crippen molar-refractivity contribution >= 4 is 5.78 Å². The first-order valence-electron chi connectivity index (χ1n) is 6.15. The van der Waals surface area contributed by atoms with E-state index in [1.54, 1.807) is 14.0 Å². The largest absolute Gasteiger partial charge is 0.374 e. The molecule has 90 valence electrons. The number of ether oxygens (including phenoxy) is 1. The van der Waals surface area contributed by atoms with Crippen molar-refractivity contribution in [3.8, 4) is 0 Å². The zero-order chi connectivity index (χ0) is 12.0. The molecule has 0 N–H and O–H groups in total. The van der Waals surface area contributed by atoms with Gasteiger partial charge < -0.3 is 4.74 Å². The average molecular weight is 222 g/mol. The van der Waals surface area contributed by atoms with Crippen molar-refractivity contribution in [3.05, 3.63) is 12.2 Å². The van der Waals surface area contributed by atoms with Crippen LogP contribution in [0.1, 0.15) is 46.0 Å². The topological polar surface area (TPSA) is 26.3 Å². The molecule has 0 radical (unpaired) electrons. The first kappa shape index (κ1) is 11.8. The van der Waals surface area contributed by atoms with Crippen LogP contribution in [0.5, 0.6) is 0 Å². The summed E-state index contributed by atoms with van der Waals surface area (Å²) in [6.07, 6.45) is 5.47. The van der Waals surface area contributed by atoms with Crippen molar-refractivity contribution in [3.63, 3.8) is 0 Å². The molecule has 2 heteroatoms. The van der Waals surface area contributed by atoms with E-state index >= 15 is 0 Å². The van der Waals surface area contributed by atoms with Crippen LogP contribution in [-0.4, -0.2) is 18.5 Å². The number of ketones is 1. The third-order valence-corrected chi connectivity index (χ3v) is 4.77. The van der Waals surface area contributed by atoms with E-state index in [4.69, 9.17) is 4.74 Å². The number of hydrogen-bond donors (Lipinski definition) is 0. The second-order valence-electron chi connectivity index (χ2n) is 5.88. The number of rotatable bonds is 3. The fraction of sp³-hybridized carbons (Fsp3) is 0.786. The summed E-state index contributed by atoms with van der Waals surface area (Å²) >= 11 is 0. The Balaban J connectivity index is 2.02. The molecule has 0 amide bonds. The van der Waals surface area contributed by atoms with Crippen LogP contribution < -0.4 is 0 Å². The average Bonchev–Trinajstić information content (AvgIpc) is 2.58. The van der Waals surface area contributed by atoms with Crippen LogP contribution in [0.15, 0.2) is 12.2 Å². The maximum Gasteiger partial charge on any atom is 0.132 e. The zero-order valence-corrected chi connectivity index (χ0v) is 10.6. The molecular formula is C14H22O2. The van der Waals surface area contributed by atoms with Crippen molar-refractivity contribution in [2.75, 3.05) is 7.11 Å². The van der Waals surface area contributed by atoms with Gasteiger partial charge in [-0.1, -0.05) is 6.58 Å². The fourth-order valence-corrected chi connectivity index (χ4v) is 3.66. The Labute approximate surface area is 98.1 Å². The van der Waals surface area contributed by atoms with Crippen LogP contribution in [0, 0.1) is 11.3 Å². The predicted molar refractivity (Wildman–Crippen MR) is 64.2 cm³/mol. The van der Waals surface area contributed by atoms with Gasteiger partial charge in [-0.05, 0) is 56.9 Å². The molecule has 0 aromatic rings. The van der Waals surface area contributed by atoms with Crippen LogP contribution in [0.2, 0.25) is 0 Å². The molecule has 2 aliphatic rings. The maximum absolute atomic E-state index is 11.4. The minimum Gasteiger partial charge on any atom is -0.374 e. The van der Waals surface area contributed by atoms with Crippen molar-refractivity contribution in [2.45, 2.75) is 51.6 Å². The van der Waals surface area contributed by atoms with Crippen LogP contribution in [0.25, 0.3) is 0 Å². The Bertz CT molecular complexity index is 324. The highest BCUT2D eigenvalue weighted by molar-refractivity contribution is 5.78. The molecule has 2 rings (SSSR count). The molecule has 0 aromatic carbocycles. The summed E-state index contributed by atoms with van der Waals surface area (Å²) in [5.41, 5.74) is 1.42. The lowest BCUT2D eigenvalue weighted by atomic mass is 9.56. The highest BCUT2D eigenvalue weighted by atomic mass is 16.5. The van der Waals surface area contributed by atoms with E-state index in [0.29, 0.717) is 17.1 Å². The lowest BCUT2D eigenvalue weighted by Gasteiger charge is -2.54. The first-order chi connectivity index (χ1) is 7.43. The van der Waals surface area contributed by atoms with Gasteiger partial charge in [-0.2, -0.15) is 0 Å². The minimum atomic E-state index is -0.0916. The Morgan fingerprint density at radius 2 is 2.00 bits per heavy atom. The summed E-state index contributed by atoms with van der Waals surface area (Å²) < 4.78 is 5.63. The molecule has 0 saturated heterocycles. The SMILES string of the molecule is C=C(C)C1(OC)CC2(CCC(C(C)=O)C2)C1. The van der Waals surface area contributed by atoms with Crippen molar-refractivity contribution in [1.82, 2.24) is 0 Å². The van der Waals surface area contributed by atoms with Gasteiger partial charge in [-0.25, -0.2) is 0 Å². The van der Waals surface area contributed by atoms with Crippen molar-refractivity contribution < 1.29 is 9.53 Å². The Morgan fingerprint density at radius 3 is 2.38 bits per heavy atom. The van der Waals surface area contributed by atoms with Crippen molar-refractivity contribution in [1.29, 1.82) is 0 Å². The van der Waals surface area contributed by atoms with Gasteiger partial charge >= 0.3 is 0 Å². The van der Waals surface area contributed by atoms with Crippen LogP contribution in [0.4, 0.5) is 0 Å². The second kappa shape index (κ2) is 3.69. The minimum absolute atomic E-state index is 0.0916. The Kier molecular flexibility index (Phi) is 2.73. The quantitative estimate of drug-likeness (QED) is 0.686. The van der Waals surface area contributed by atoms with Crippen LogP contribution in [0.3, 0.4) is 0 Å². The van der Waals surface area contributed by atoms with Gasteiger partial charge in [0, 0.05) is 13.0 Å². The van der Waals surface area contributed by atoms with E-state index in [2.05, 4.69) is 6.58 Å². The molecule has 0 bridgehead atoms. The van der Waals surface area contributed by atoms with E-state index < -0.39 is 0 Å². The molecule has 1 spiro atoms. The zero-order valence-electron chi connectivity index (χ0n) is 10.6. The van der Waals surface area contributed by atoms with Gasteiger partial charge in [-0.3, -0.25) is 4.79 Å². The summed E-state index contributed by atoms with van der Waals surface area (Å²) in [4.78, 5) is 11.4. The number of carbonyl (C=O) groups excluding carboxylic acids is 1. The van der Waals surface area contributed by atoms with E-state index in [1.165, 1.54) is 6.42 Å². The molecule has 16 heavy (non-hydrogen) atoms. The smallest absolute Gasteiger partial charge is 0.132 e. The molecule has 1 atom stereocenters. The molecule has 2 saturated carbocycles. The maximum atomic E-state index is 11.4. The monoisotopic (exact) mass is 222 g/mol. The lowest BCUT2D eigenvalue weighted by molar-refractivity contribution is -0.130. The summed E-state index contributed by atoms with van der Waals surface area (Å²) in [7, 11) is 1.78. The number of carbonyl (C=O) groups is 1. The molecule has 1 unspecified atom stereocenters. The Hall–Kier alpha value is -0.630. The molecule has 0 aromatic heterocycles. The molecule has 2 aliphatic carbocycles. The van der Waals surface area contributed by atoms with Gasteiger partial charge in [0.1, 0.15) is 5.78 Å². The third kappa shape index (κ3) is 1.64. The van der Waals surface area contributed by atoms with Gasteiger partial charge in [-0.15, -0.1) is 0 Å². The fourth-order valence-electron chi connectivity index (χ4n) is 3.66. The van der Waals surface area contributed by atoms with Gasteiger partial charge in [0.05, 0.1) is 5.60 Å². The van der Waals surface area contributed by atoms with Gasteiger partial charge in [0.15, 0.2) is 0 Å². The number of Topliss-reactive ketones (excluding diaryl/α,β-unsaturated/α-hetero) is 1. The third-order valence-electron chi connectivity index (χ3n) is 4.77. The normalized spacial score (nSPS) is 42.1. The lowest BCUT2D eigenvalue weighted by Crippen LogP contribution is -2.52. The summed E-state index contributed by atoms with van der Waals surface area (Å²) in [5, 5.41) is 0.